The molecule has 1 aromatic carbocycles. The van der Waals surface area contributed by atoms with E-state index in [0.29, 0.717) is 37.0 Å². The lowest BCUT2D eigenvalue weighted by Crippen LogP contribution is -2.39. The topological polar surface area (TPSA) is 131 Å². The van der Waals surface area contributed by atoms with Gasteiger partial charge in [-0.15, -0.1) is 0 Å². The number of aromatic nitrogens is 3. The van der Waals surface area contributed by atoms with Crippen molar-refractivity contribution in [1.82, 2.24) is 24.8 Å². The summed E-state index contributed by atoms with van der Waals surface area (Å²) in [7, 11) is 0. The van der Waals surface area contributed by atoms with Gasteiger partial charge in [0.15, 0.2) is 6.23 Å². The smallest absolute Gasteiger partial charge is 0.319 e. The van der Waals surface area contributed by atoms with Crippen LogP contribution in [0.2, 0.25) is 0 Å². The Morgan fingerprint density at radius 1 is 1.24 bits per heavy atom. The number of fused-ring (bicyclic) bond motifs is 1. The normalized spacial score (nSPS) is 19.5. The maximum Gasteiger partial charge on any atom is 0.319 e. The van der Waals surface area contributed by atoms with Crippen LogP contribution in [-0.4, -0.2) is 68.5 Å². The van der Waals surface area contributed by atoms with Crippen molar-refractivity contribution in [2.75, 3.05) is 30.7 Å². The number of aliphatic hydroxyl groups is 1. The number of hydrogen-bond donors (Lipinski definition) is 4. The molecule has 4 rings (SSSR count). The van der Waals surface area contributed by atoms with E-state index >= 15 is 0 Å². The van der Waals surface area contributed by atoms with Crippen LogP contribution in [0.1, 0.15) is 58.2 Å². The fourth-order valence-corrected chi connectivity index (χ4v) is 4.91. The number of benzene rings is 1. The molecule has 2 aromatic heterocycles. The van der Waals surface area contributed by atoms with E-state index in [1.165, 1.54) is 24.7 Å². The van der Waals surface area contributed by atoms with Gasteiger partial charge >= 0.3 is 6.03 Å². The van der Waals surface area contributed by atoms with Crippen molar-refractivity contribution in [3.8, 4) is 0 Å². The number of nitrogen functional groups attached to an aromatic ring is 1. The molecule has 38 heavy (non-hydrogen) atoms. The first-order chi connectivity index (χ1) is 18.4. The van der Waals surface area contributed by atoms with E-state index in [4.69, 9.17) is 10.5 Å². The Hall–Kier alpha value is -3.21. The zero-order chi connectivity index (χ0) is 27.1. The van der Waals surface area contributed by atoms with E-state index in [1.54, 1.807) is 0 Å². The monoisotopic (exact) mass is 523 g/mol. The highest BCUT2D eigenvalue weighted by atomic mass is 16.5. The molecule has 10 heteroatoms. The van der Waals surface area contributed by atoms with Crippen molar-refractivity contribution in [1.29, 1.82) is 0 Å². The minimum absolute atomic E-state index is 0.120. The molecule has 1 aliphatic rings. The number of nitrogens with one attached hydrogen (secondary N) is 2. The Balaban J connectivity index is 1.22. The van der Waals surface area contributed by atoms with Gasteiger partial charge in [-0.2, -0.15) is 0 Å². The number of carbonyl (C=O) groups is 1. The SMILES string of the molecule is CCCCc1ccc(NC(=O)NCCCN(C[C@@H]2CC(O)C(n3ccc4c(N)ncnc43)O2)C(C)C)cc1. The minimum atomic E-state index is -0.646. The second kappa shape index (κ2) is 13.0. The molecule has 3 aromatic rings. The summed E-state index contributed by atoms with van der Waals surface area (Å²) in [6.45, 7) is 8.54. The van der Waals surface area contributed by atoms with Crippen LogP contribution >= 0.6 is 0 Å². The zero-order valence-electron chi connectivity index (χ0n) is 22.6. The summed E-state index contributed by atoms with van der Waals surface area (Å²) < 4.78 is 8.11. The lowest BCUT2D eigenvalue weighted by atomic mass is 10.1. The highest BCUT2D eigenvalue weighted by Gasteiger charge is 2.37. The number of anilines is 2. The predicted molar refractivity (Wildman–Crippen MR) is 150 cm³/mol. The maximum atomic E-state index is 12.3. The van der Waals surface area contributed by atoms with Gasteiger partial charge in [-0.1, -0.05) is 25.5 Å². The summed E-state index contributed by atoms with van der Waals surface area (Å²) in [5, 5.41) is 17.4. The lowest BCUT2D eigenvalue weighted by Gasteiger charge is -2.29. The number of unbranched alkanes of at least 4 members (excludes halogenated alkanes) is 1. The van der Waals surface area contributed by atoms with Crippen LogP contribution in [0.25, 0.3) is 11.0 Å². The first kappa shape index (κ1) is 27.8. The molecule has 1 saturated heterocycles. The van der Waals surface area contributed by atoms with Gasteiger partial charge in [-0.05, 0) is 56.9 Å². The second-order valence-electron chi connectivity index (χ2n) is 10.3. The number of nitrogens with zero attached hydrogens (tertiary/aromatic N) is 4. The van der Waals surface area contributed by atoms with E-state index in [-0.39, 0.29) is 12.1 Å². The zero-order valence-corrected chi connectivity index (χ0v) is 22.6. The molecule has 0 saturated carbocycles. The van der Waals surface area contributed by atoms with Crippen LogP contribution in [0.3, 0.4) is 0 Å². The fraction of sp³-hybridized carbons (Fsp3) is 0.536. The van der Waals surface area contributed by atoms with Crippen molar-refractivity contribution in [2.45, 2.75) is 77.4 Å². The number of amides is 2. The van der Waals surface area contributed by atoms with E-state index in [9.17, 15) is 9.90 Å². The molecule has 0 bridgehead atoms. The van der Waals surface area contributed by atoms with E-state index in [0.717, 1.165) is 30.5 Å². The first-order valence-electron chi connectivity index (χ1n) is 13.6. The van der Waals surface area contributed by atoms with Crippen molar-refractivity contribution >= 4 is 28.6 Å². The van der Waals surface area contributed by atoms with Gasteiger partial charge in [0.1, 0.15) is 23.9 Å². The minimum Gasteiger partial charge on any atom is -0.388 e. The largest absolute Gasteiger partial charge is 0.388 e. The van der Waals surface area contributed by atoms with Gasteiger partial charge in [-0.25, -0.2) is 14.8 Å². The van der Waals surface area contributed by atoms with E-state index in [1.807, 2.05) is 29.0 Å². The van der Waals surface area contributed by atoms with Crippen LogP contribution in [0.15, 0.2) is 42.9 Å². The number of aryl methyl sites for hydroxylation is 1. The van der Waals surface area contributed by atoms with Gasteiger partial charge in [-0.3, -0.25) is 4.90 Å². The fourth-order valence-electron chi connectivity index (χ4n) is 4.91. The molecule has 3 heterocycles. The number of nitrogens with two attached hydrogens (primary N) is 1. The Labute approximate surface area is 224 Å². The Morgan fingerprint density at radius 3 is 2.76 bits per heavy atom. The van der Waals surface area contributed by atoms with Gasteiger partial charge < -0.3 is 30.8 Å². The summed E-state index contributed by atoms with van der Waals surface area (Å²) >= 11 is 0. The van der Waals surface area contributed by atoms with Crippen molar-refractivity contribution in [3.05, 3.63) is 48.4 Å². The van der Waals surface area contributed by atoms with Crippen molar-refractivity contribution in [2.24, 2.45) is 0 Å². The molecular weight excluding hydrogens is 482 g/mol. The molecule has 2 amide bonds. The Bertz CT molecular complexity index is 1180. The number of hydrogen-bond acceptors (Lipinski definition) is 7. The predicted octanol–water partition coefficient (Wildman–Crippen LogP) is 3.93. The van der Waals surface area contributed by atoms with Crippen LogP contribution in [0.4, 0.5) is 16.3 Å². The molecule has 1 aliphatic heterocycles. The maximum absolute atomic E-state index is 12.3. The molecule has 1 fully saturated rings. The first-order valence-corrected chi connectivity index (χ1v) is 13.6. The Kier molecular flexibility index (Phi) is 9.54. The molecule has 10 nitrogen and oxygen atoms in total. The molecular formula is C28H41N7O3. The number of aliphatic hydroxyl groups excluding tert-OH is 1. The standard InChI is InChI=1S/C28H41N7O3/c1-4-5-7-20-8-10-21(11-9-20)33-28(37)30-13-6-14-34(19(2)3)17-22-16-24(36)27(38-22)35-15-12-23-25(29)31-18-32-26(23)35/h8-12,15,18-19,22,24,27,36H,4-7,13-14,16-17H2,1-3H3,(H2,29,31,32)(H2,30,33,37)/t22-,24?,27?/m0/s1. The van der Waals surface area contributed by atoms with E-state index in [2.05, 4.69) is 58.4 Å². The Morgan fingerprint density at radius 2 is 2.03 bits per heavy atom. The summed E-state index contributed by atoms with van der Waals surface area (Å²) in [5.41, 5.74) is 8.70. The number of ether oxygens (including phenoxy) is 1. The lowest BCUT2D eigenvalue weighted by molar-refractivity contribution is -0.0450. The van der Waals surface area contributed by atoms with Crippen molar-refractivity contribution in [3.63, 3.8) is 0 Å². The summed E-state index contributed by atoms with van der Waals surface area (Å²) in [6.07, 6.45) is 6.71. The van der Waals surface area contributed by atoms with Crippen LogP contribution in [0, 0.1) is 0 Å². The summed E-state index contributed by atoms with van der Waals surface area (Å²) in [6, 6.07) is 9.99. The average Bonchev–Trinajstić information content (AvgIpc) is 3.49. The summed E-state index contributed by atoms with van der Waals surface area (Å²) in [5.74, 6) is 0.409. The van der Waals surface area contributed by atoms with Crippen LogP contribution < -0.4 is 16.4 Å². The van der Waals surface area contributed by atoms with Gasteiger partial charge in [0, 0.05) is 44.0 Å². The molecule has 5 N–H and O–H groups in total. The van der Waals surface area contributed by atoms with Gasteiger partial charge in [0.25, 0.3) is 0 Å². The second-order valence-corrected chi connectivity index (χ2v) is 10.3. The number of rotatable bonds is 12. The number of carbonyl (C=O) groups excluding carboxylic acids is 1. The average molecular weight is 524 g/mol. The molecule has 2 unspecified atom stereocenters. The third kappa shape index (κ3) is 7.00. The van der Waals surface area contributed by atoms with Crippen LogP contribution in [0.5, 0.6) is 0 Å². The number of urea groups is 1. The molecule has 3 atom stereocenters. The highest BCUT2D eigenvalue weighted by molar-refractivity contribution is 5.89. The van der Waals surface area contributed by atoms with Gasteiger partial charge in [0.2, 0.25) is 0 Å². The van der Waals surface area contributed by atoms with E-state index < -0.39 is 12.3 Å². The third-order valence-electron chi connectivity index (χ3n) is 7.09. The molecule has 0 spiro atoms. The highest BCUT2D eigenvalue weighted by Crippen LogP contribution is 2.33. The summed E-state index contributed by atoms with van der Waals surface area (Å²) in [4.78, 5) is 23.0. The molecule has 0 aliphatic carbocycles. The third-order valence-corrected chi connectivity index (χ3v) is 7.09. The molecule has 206 valence electrons. The van der Waals surface area contributed by atoms with Crippen molar-refractivity contribution < 1.29 is 14.6 Å². The molecule has 0 radical (unpaired) electrons. The van der Waals surface area contributed by atoms with Crippen LogP contribution in [-0.2, 0) is 11.2 Å². The quantitative estimate of drug-likeness (QED) is 0.265. The van der Waals surface area contributed by atoms with Gasteiger partial charge in [0.05, 0.1) is 11.5 Å².